The lowest BCUT2D eigenvalue weighted by atomic mass is 9.82. The van der Waals surface area contributed by atoms with Crippen molar-refractivity contribution in [1.82, 2.24) is 10.2 Å². The molecule has 0 radical (unpaired) electrons. The average Bonchev–Trinajstić information content (AvgIpc) is 3.30. The van der Waals surface area contributed by atoms with Crippen molar-refractivity contribution in [2.45, 2.75) is 70.5 Å². The molecule has 10 heteroatoms. The van der Waals surface area contributed by atoms with E-state index in [1.165, 1.54) is 11.0 Å². The number of nitrogens with one attached hydrogen (secondary N) is 1. The van der Waals surface area contributed by atoms with Gasteiger partial charge in [0.1, 0.15) is 11.3 Å². The molecule has 4 aromatic rings. The predicted molar refractivity (Wildman–Crippen MR) is 169 cm³/mol. The van der Waals surface area contributed by atoms with E-state index in [4.69, 9.17) is 9.15 Å². The van der Waals surface area contributed by atoms with Crippen LogP contribution >= 0.6 is 0 Å². The van der Waals surface area contributed by atoms with E-state index in [-0.39, 0.29) is 30.0 Å². The zero-order valence-corrected chi connectivity index (χ0v) is 25.9. The molecule has 1 aromatic heterocycles. The third kappa shape index (κ3) is 6.38. The van der Waals surface area contributed by atoms with Crippen molar-refractivity contribution in [2.24, 2.45) is 0 Å². The van der Waals surface area contributed by atoms with Crippen molar-refractivity contribution in [2.75, 3.05) is 13.2 Å². The van der Waals surface area contributed by atoms with Crippen molar-refractivity contribution in [3.63, 3.8) is 0 Å². The van der Waals surface area contributed by atoms with Crippen LogP contribution in [0.2, 0.25) is 0 Å². The number of urea groups is 1. The average molecular weight is 635 g/mol. The number of carbonyl (C=O) groups is 2. The number of hydrogen-bond acceptors (Lipinski definition) is 5. The highest BCUT2D eigenvalue weighted by atomic mass is 19.4. The molecule has 0 bridgehead atoms. The first-order chi connectivity index (χ1) is 22.1. The number of imide groups is 1. The smallest absolute Gasteiger partial charge is 0.417 e. The van der Waals surface area contributed by atoms with E-state index in [2.05, 4.69) is 5.32 Å². The molecule has 3 amide bonds. The van der Waals surface area contributed by atoms with Gasteiger partial charge in [0, 0.05) is 23.6 Å². The quantitative estimate of drug-likeness (QED) is 0.0923. The Labute approximate surface area is 265 Å². The van der Waals surface area contributed by atoms with Crippen LogP contribution in [0, 0.1) is 0 Å². The van der Waals surface area contributed by atoms with Crippen molar-refractivity contribution in [1.29, 1.82) is 0 Å². The van der Waals surface area contributed by atoms with E-state index < -0.39 is 28.9 Å². The van der Waals surface area contributed by atoms with Crippen LogP contribution in [0.1, 0.15) is 73.8 Å². The first kappa shape index (κ1) is 32.8. The summed E-state index contributed by atoms with van der Waals surface area (Å²) in [6.07, 6.45) is -0.793. The fourth-order valence-corrected chi connectivity index (χ4v) is 6.19. The van der Waals surface area contributed by atoms with Crippen LogP contribution in [0.5, 0.6) is 5.75 Å². The Bertz CT molecular complexity index is 1710. The number of amides is 3. The maximum atomic E-state index is 13.9. The number of alkyl halides is 3. The van der Waals surface area contributed by atoms with E-state index in [1.807, 2.05) is 74.5 Å². The summed E-state index contributed by atoms with van der Waals surface area (Å²) in [5, 5.41) is 2.82. The molecule has 3 aromatic carbocycles. The van der Waals surface area contributed by atoms with E-state index in [0.29, 0.717) is 79.0 Å². The van der Waals surface area contributed by atoms with Gasteiger partial charge in [-0.1, -0.05) is 87.4 Å². The molecule has 0 saturated carbocycles. The van der Waals surface area contributed by atoms with Gasteiger partial charge in [0.15, 0.2) is 5.54 Å². The molecule has 1 saturated heterocycles. The van der Waals surface area contributed by atoms with Crippen molar-refractivity contribution in [3.8, 4) is 5.75 Å². The number of nitrogens with zero attached hydrogens (tertiary/aromatic N) is 1. The topological polar surface area (TPSA) is 88.8 Å². The lowest BCUT2D eigenvalue weighted by Gasteiger charge is -2.28. The number of ether oxygens (including phenoxy) is 1. The van der Waals surface area contributed by atoms with Gasteiger partial charge in [-0.15, -0.1) is 0 Å². The van der Waals surface area contributed by atoms with Crippen molar-refractivity contribution in [3.05, 3.63) is 111 Å². The van der Waals surface area contributed by atoms with Gasteiger partial charge in [0.05, 0.1) is 12.2 Å². The second kappa shape index (κ2) is 13.8. The van der Waals surface area contributed by atoms with E-state index in [0.717, 1.165) is 0 Å². The van der Waals surface area contributed by atoms with E-state index in [9.17, 15) is 27.6 Å². The van der Waals surface area contributed by atoms with Gasteiger partial charge < -0.3 is 14.5 Å². The third-order valence-corrected chi connectivity index (χ3v) is 8.27. The first-order valence-electron chi connectivity index (χ1n) is 15.7. The summed E-state index contributed by atoms with van der Waals surface area (Å²) in [7, 11) is 0. The summed E-state index contributed by atoms with van der Waals surface area (Å²) < 4.78 is 53.2. The number of unbranched alkanes of at least 4 members (excludes halogenated alkanes) is 2. The summed E-state index contributed by atoms with van der Waals surface area (Å²) in [6.45, 7) is 4.31. The Morgan fingerprint density at radius 3 is 2.07 bits per heavy atom. The SMILES string of the molecule is CCCc1cc2c(C(F)(F)F)cc(=O)oc2c(CCC)c1OCCCCCN1C(=O)NC(c2ccccc2)(c2ccccc2)C1=O. The Morgan fingerprint density at radius 2 is 1.48 bits per heavy atom. The highest BCUT2D eigenvalue weighted by molar-refractivity contribution is 6.09. The summed E-state index contributed by atoms with van der Waals surface area (Å²) in [5.74, 6) is 0.124. The fourth-order valence-electron chi connectivity index (χ4n) is 6.19. The molecule has 0 unspecified atom stereocenters. The molecule has 242 valence electrons. The number of halogens is 3. The lowest BCUT2D eigenvalue weighted by Crippen LogP contribution is -2.45. The summed E-state index contributed by atoms with van der Waals surface area (Å²) >= 11 is 0. The first-order valence-corrected chi connectivity index (χ1v) is 15.7. The minimum Gasteiger partial charge on any atom is -0.493 e. The molecule has 1 aliphatic heterocycles. The maximum Gasteiger partial charge on any atom is 0.417 e. The molecule has 0 atom stereocenters. The van der Waals surface area contributed by atoms with Crippen LogP contribution in [-0.4, -0.2) is 30.0 Å². The number of hydrogen-bond donors (Lipinski definition) is 1. The van der Waals surface area contributed by atoms with Crippen LogP contribution in [0.25, 0.3) is 11.0 Å². The summed E-state index contributed by atoms with van der Waals surface area (Å²) in [5.41, 5.74) is -1.02. The maximum absolute atomic E-state index is 13.9. The molecule has 1 N–H and O–H groups in total. The molecule has 7 nitrogen and oxygen atoms in total. The Hall–Kier alpha value is -4.60. The van der Waals surface area contributed by atoms with Crippen LogP contribution in [-0.2, 0) is 29.4 Å². The number of rotatable bonds is 13. The number of fused-ring (bicyclic) bond motifs is 1. The standard InChI is InChI=1S/C36H37F3N2O5/c1-3-14-24-22-28-29(36(37,38)39)23-30(42)46-32(28)27(15-4-2)31(24)45-21-13-7-12-20-41-33(43)35(40-34(41)44,25-16-8-5-9-17-25)26-18-10-6-11-19-26/h5-6,8-11,16-19,22-23H,3-4,7,12-15,20-21H2,1-2H3,(H,40,44). The van der Waals surface area contributed by atoms with Gasteiger partial charge in [0.2, 0.25) is 0 Å². The molecular weight excluding hydrogens is 597 g/mol. The molecule has 46 heavy (non-hydrogen) atoms. The second-order valence-electron chi connectivity index (χ2n) is 11.5. The molecular formula is C36H37F3N2O5. The van der Waals surface area contributed by atoms with E-state index in [1.54, 1.807) is 0 Å². The monoisotopic (exact) mass is 634 g/mol. The normalized spacial score (nSPS) is 14.6. The summed E-state index contributed by atoms with van der Waals surface area (Å²) in [6, 6.07) is 19.8. The Kier molecular flexibility index (Phi) is 9.84. The minimum absolute atomic E-state index is 0.0876. The summed E-state index contributed by atoms with van der Waals surface area (Å²) in [4.78, 5) is 40.4. The minimum atomic E-state index is -4.71. The molecule has 1 aliphatic rings. The Morgan fingerprint density at radius 1 is 0.848 bits per heavy atom. The second-order valence-corrected chi connectivity index (χ2v) is 11.5. The molecule has 5 rings (SSSR count). The molecule has 1 fully saturated rings. The Balaban J connectivity index is 1.29. The number of benzene rings is 3. The lowest BCUT2D eigenvalue weighted by molar-refractivity contribution is -0.136. The number of carbonyl (C=O) groups excluding carboxylic acids is 2. The van der Waals surface area contributed by atoms with Gasteiger partial charge in [-0.3, -0.25) is 9.69 Å². The van der Waals surface area contributed by atoms with E-state index >= 15 is 0 Å². The van der Waals surface area contributed by atoms with Crippen LogP contribution in [0.4, 0.5) is 18.0 Å². The third-order valence-electron chi connectivity index (χ3n) is 8.27. The van der Waals surface area contributed by atoms with Crippen molar-refractivity contribution >= 4 is 22.9 Å². The van der Waals surface area contributed by atoms with Gasteiger partial charge in [0.25, 0.3) is 5.91 Å². The zero-order chi connectivity index (χ0) is 32.9. The molecule has 0 spiro atoms. The fraction of sp³-hybridized carbons (Fsp3) is 0.361. The highest BCUT2D eigenvalue weighted by Crippen LogP contribution is 2.40. The van der Waals surface area contributed by atoms with Gasteiger partial charge in [-0.25, -0.2) is 9.59 Å². The van der Waals surface area contributed by atoms with Crippen molar-refractivity contribution < 1.29 is 31.9 Å². The number of aryl methyl sites for hydroxylation is 2. The van der Waals surface area contributed by atoms with Crippen LogP contribution in [0.15, 0.2) is 82.0 Å². The highest BCUT2D eigenvalue weighted by Gasteiger charge is 2.53. The molecule has 2 heterocycles. The van der Waals surface area contributed by atoms with Crippen LogP contribution < -0.4 is 15.7 Å². The zero-order valence-electron chi connectivity index (χ0n) is 25.9. The predicted octanol–water partition coefficient (Wildman–Crippen LogP) is 7.76. The van der Waals surface area contributed by atoms with Crippen LogP contribution in [0.3, 0.4) is 0 Å². The van der Waals surface area contributed by atoms with Gasteiger partial charge >= 0.3 is 17.8 Å². The van der Waals surface area contributed by atoms with Gasteiger partial charge in [-0.2, -0.15) is 13.2 Å². The molecule has 0 aliphatic carbocycles. The van der Waals surface area contributed by atoms with Gasteiger partial charge in [-0.05, 0) is 54.9 Å². The largest absolute Gasteiger partial charge is 0.493 e.